The van der Waals surface area contributed by atoms with Gasteiger partial charge in [0, 0.05) is 16.8 Å². The molecule has 5 rings (SSSR count). The first kappa shape index (κ1) is 16.6. The summed E-state index contributed by atoms with van der Waals surface area (Å²) in [6, 6.07) is 32.7. The van der Waals surface area contributed by atoms with Crippen molar-refractivity contribution in [3.05, 3.63) is 109 Å². The molecule has 0 aromatic heterocycles. The highest BCUT2D eigenvalue weighted by atomic mass is 15.1. The SMILES string of the molecule is C=Cc1ccc(N2c3ccccc3-c3ccc(C)cc3-c3ccccc32)cc1. The molecule has 0 amide bonds. The van der Waals surface area contributed by atoms with Gasteiger partial charge in [-0.2, -0.15) is 0 Å². The van der Waals surface area contributed by atoms with Crippen LogP contribution in [0.3, 0.4) is 0 Å². The van der Waals surface area contributed by atoms with Gasteiger partial charge in [-0.15, -0.1) is 0 Å². The van der Waals surface area contributed by atoms with Gasteiger partial charge in [0.1, 0.15) is 0 Å². The Labute approximate surface area is 166 Å². The first-order valence-electron chi connectivity index (χ1n) is 9.58. The molecular weight excluding hydrogens is 338 g/mol. The van der Waals surface area contributed by atoms with Gasteiger partial charge in [-0.05, 0) is 47.9 Å². The molecule has 0 saturated carbocycles. The molecule has 0 saturated heterocycles. The Morgan fingerprint density at radius 3 is 1.89 bits per heavy atom. The van der Waals surface area contributed by atoms with Gasteiger partial charge < -0.3 is 4.90 Å². The zero-order chi connectivity index (χ0) is 19.1. The number of para-hydroxylation sites is 2. The summed E-state index contributed by atoms with van der Waals surface area (Å²) in [5.74, 6) is 0. The van der Waals surface area contributed by atoms with Crippen molar-refractivity contribution >= 4 is 23.1 Å². The highest BCUT2D eigenvalue weighted by molar-refractivity contribution is 6.02. The minimum atomic E-state index is 1.12. The van der Waals surface area contributed by atoms with Crippen molar-refractivity contribution in [3.8, 4) is 22.3 Å². The summed E-state index contributed by atoms with van der Waals surface area (Å²) in [6.07, 6.45) is 1.88. The molecule has 4 aromatic carbocycles. The van der Waals surface area contributed by atoms with Crippen molar-refractivity contribution in [1.29, 1.82) is 0 Å². The summed E-state index contributed by atoms with van der Waals surface area (Å²) in [7, 11) is 0. The fourth-order valence-corrected chi connectivity index (χ4v) is 4.08. The number of benzene rings is 4. The highest BCUT2D eigenvalue weighted by Crippen LogP contribution is 2.50. The zero-order valence-electron chi connectivity index (χ0n) is 15.9. The number of hydrogen-bond acceptors (Lipinski definition) is 1. The predicted octanol–water partition coefficient (Wildman–Crippen LogP) is 7.76. The standard InChI is InChI=1S/C27H21N/c1-3-20-13-15-21(16-14-20)28-26-10-6-4-8-23(26)22-17-12-19(2)18-25(22)24-9-5-7-11-27(24)28/h3-18H,1H2,2H3. The first-order chi connectivity index (χ1) is 13.8. The van der Waals surface area contributed by atoms with Gasteiger partial charge in [0.2, 0.25) is 0 Å². The molecule has 0 bridgehead atoms. The first-order valence-corrected chi connectivity index (χ1v) is 9.58. The van der Waals surface area contributed by atoms with Crippen molar-refractivity contribution in [2.45, 2.75) is 6.92 Å². The number of fused-ring (bicyclic) bond motifs is 5. The Balaban J connectivity index is 1.87. The van der Waals surface area contributed by atoms with E-state index < -0.39 is 0 Å². The van der Waals surface area contributed by atoms with E-state index in [1.807, 2.05) is 6.08 Å². The molecule has 0 aliphatic carbocycles. The van der Waals surface area contributed by atoms with Crippen molar-refractivity contribution in [2.24, 2.45) is 0 Å². The minimum absolute atomic E-state index is 1.12. The van der Waals surface area contributed by atoms with Crippen LogP contribution >= 0.6 is 0 Å². The van der Waals surface area contributed by atoms with Crippen LogP contribution in [-0.2, 0) is 0 Å². The van der Waals surface area contributed by atoms with E-state index in [-0.39, 0.29) is 0 Å². The third kappa shape index (κ3) is 2.56. The van der Waals surface area contributed by atoms with Crippen LogP contribution in [0.5, 0.6) is 0 Å². The molecule has 1 aliphatic rings. The van der Waals surface area contributed by atoms with E-state index in [4.69, 9.17) is 0 Å². The van der Waals surface area contributed by atoms with Gasteiger partial charge in [-0.25, -0.2) is 0 Å². The van der Waals surface area contributed by atoms with Crippen molar-refractivity contribution in [2.75, 3.05) is 4.90 Å². The fraction of sp³-hybridized carbons (Fsp3) is 0.0370. The second-order valence-electron chi connectivity index (χ2n) is 7.21. The fourth-order valence-electron chi connectivity index (χ4n) is 4.08. The number of anilines is 3. The van der Waals surface area contributed by atoms with Crippen LogP contribution in [0.15, 0.2) is 97.6 Å². The number of rotatable bonds is 2. The molecule has 1 heteroatoms. The molecule has 28 heavy (non-hydrogen) atoms. The van der Waals surface area contributed by atoms with E-state index in [0.29, 0.717) is 0 Å². The van der Waals surface area contributed by atoms with Crippen LogP contribution in [0.4, 0.5) is 17.1 Å². The van der Waals surface area contributed by atoms with Crippen LogP contribution in [0, 0.1) is 6.92 Å². The summed E-state index contributed by atoms with van der Waals surface area (Å²) in [4.78, 5) is 2.37. The van der Waals surface area contributed by atoms with E-state index in [9.17, 15) is 0 Å². The Morgan fingerprint density at radius 1 is 0.643 bits per heavy atom. The molecule has 0 spiro atoms. The van der Waals surface area contributed by atoms with Gasteiger partial charge in [-0.3, -0.25) is 0 Å². The average Bonchev–Trinajstić information content (AvgIpc) is 2.86. The molecule has 0 atom stereocenters. The Hall–Kier alpha value is -3.58. The van der Waals surface area contributed by atoms with E-state index in [1.165, 1.54) is 39.2 Å². The summed E-state index contributed by atoms with van der Waals surface area (Å²) in [5, 5.41) is 0. The maximum absolute atomic E-state index is 3.88. The van der Waals surface area contributed by atoms with Gasteiger partial charge in [-0.1, -0.05) is 84.9 Å². The topological polar surface area (TPSA) is 3.24 Å². The molecule has 4 aromatic rings. The van der Waals surface area contributed by atoms with Crippen LogP contribution < -0.4 is 4.90 Å². The summed E-state index contributed by atoms with van der Waals surface area (Å²) >= 11 is 0. The maximum Gasteiger partial charge on any atom is 0.0540 e. The van der Waals surface area contributed by atoms with Crippen LogP contribution in [0.2, 0.25) is 0 Å². The Kier molecular flexibility index (Phi) is 3.87. The third-order valence-electron chi connectivity index (χ3n) is 5.43. The molecule has 0 fully saturated rings. The van der Waals surface area contributed by atoms with E-state index in [2.05, 4.69) is 109 Å². The zero-order valence-corrected chi connectivity index (χ0v) is 15.9. The maximum atomic E-state index is 3.88. The van der Waals surface area contributed by atoms with Crippen molar-refractivity contribution in [1.82, 2.24) is 0 Å². The van der Waals surface area contributed by atoms with Gasteiger partial charge in [0.05, 0.1) is 11.4 Å². The van der Waals surface area contributed by atoms with Gasteiger partial charge in [0.25, 0.3) is 0 Å². The quantitative estimate of drug-likeness (QED) is 0.311. The number of nitrogens with zero attached hydrogens (tertiary/aromatic N) is 1. The second kappa shape index (κ2) is 6.54. The smallest absolute Gasteiger partial charge is 0.0540 e. The third-order valence-corrected chi connectivity index (χ3v) is 5.43. The molecule has 0 unspecified atom stereocenters. The molecule has 0 N–H and O–H groups in total. The molecule has 1 heterocycles. The van der Waals surface area contributed by atoms with E-state index >= 15 is 0 Å². The monoisotopic (exact) mass is 359 g/mol. The van der Waals surface area contributed by atoms with Crippen LogP contribution in [0.1, 0.15) is 11.1 Å². The Morgan fingerprint density at radius 2 is 1.25 bits per heavy atom. The molecule has 0 radical (unpaired) electrons. The van der Waals surface area contributed by atoms with E-state index in [0.717, 1.165) is 11.3 Å². The summed E-state index contributed by atoms with van der Waals surface area (Å²) in [6.45, 7) is 6.04. The number of aryl methyl sites for hydroxylation is 1. The lowest BCUT2D eigenvalue weighted by Crippen LogP contribution is -2.10. The summed E-state index contributed by atoms with van der Waals surface area (Å²) in [5.41, 5.74) is 11.0. The van der Waals surface area contributed by atoms with Crippen molar-refractivity contribution in [3.63, 3.8) is 0 Å². The van der Waals surface area contributed by atoms with Gasteiger partial charge >= 0.3 is 0 Å². The van der Waals surface area contributed by atoms with Crippen molar-refractivity contribution < 1.29 is 0 Å². The Bertz CT molecular complexity index is 1190. The second-order valence-corrected chi connectivity index (χ2v) is 7.21. The number of hydrogen-bond donors (Lipinski definition) is 0. The lowest BCUT2D eigenvalue weighted by atomic mass is 9.93. The molecule has 1 nitrogen and oxygen atoms in total. The largest absolute Gasteiger partial charge is 0.309 e. The molecule has 134 valence electrons. The van der Waals surface area contributed by atoms with Crippen LogP contribution in [0.25, 0.3) is 28.3 Å². The lowest BCUT2D eigenvalue weighted by Gasteiger charge is -2.27. The van der Waals surface area contributed by atoms with Crippen LogP contribution in [-0.4, -0.2) is 0 Å². The predicted molar refractivity (Wildman–Crippen MR) is 120 cm³/mol. The molecular formula is C27H21N. The summed E-state index contributed by atoms with van der Waals surface area (Å²) < 4.78 is 0. The lowest BCUT2D eigenvalue weighted by molar-refractivity contribution is 1.29. The normalized spacial score (nSPS) is 11.8. The minimum Gasteiger partial charge on any atom is -0.309 e. The van der Waals surface area contributed by atoms with E-state index in [1.54, 1.807) is 0 Å². The highest BCUT2D eigenvalue weighted by Gasteiger charge is 2.25. The van der Waals surface area contributed by atoms with Gasteiger partial charge in [0.15, 0.2) is 0 Å². The average molecular weight is 359 g/mol. The molecule has 1 aliphatic heterocycles.